The smallest absolute Gasteiger partial charge is 0.255 e. The Hall–Kier alpha value is -1.94. The van der Waals surface area contributed by atoms with Gasteiger partial charge in [-0.25, -0.2) is 4.39 Å². The van der Waals surface area contributed by atoms with Crippen molar-refractivity contribution < 1.29 is 9.18 Å². The molecule has 0 radical (unpaired) electrons. The van der Waals surface area contributed by atoms with Crippen molar-refractivity contribution in [3.8, 4) is 6.07 Å². The SMILES string of the molecule is N#Cc1ccc(NC(=O)c2cccc(I)c2)c(F)c1. The van der Waals surface area contributed by atoms with Crippen molar-refractivity contribution in [3.05, 3.63) is 63.0 Å². The zero-order valence-corrected chi connectivity index (χ0v) is 11.8. The Kier molecular flexibility index (Phi) is 4.12. The highest BCUT2D eigenvalue weighted by Crippen LogP contribution is 2.17. The minimum absolute atomic E-state index is 0.0582. The molecule has 0 aromatic heterocycles. The summed E-state index contributed by atoms with van der Waals surface area (Å²) >= 11 is 2.10. The van der Waals surface area contributed by atoms with Crippen LogP contribution in [0.15, 0.2) is 42.5 Å². The second kappa shape index (κ2) is 5.80. The third kappa shape index (κ3) is 3.29. The van der Waals surface area contributed by atoms with Crippen LogP contribution in [0.4, 0.5) is 10.1 Å². The summed E-state index contributed by atoms with van der Waals surface area (Å²) in [4.78, 5) is 11.9. The number of hydrogen-bond acceptors (Lipinski definition) is 2. The molecule has 0 saturated heterocycles. The van der Waals surface area contributed by atoms with Gasteiger partial charge in [-0.2, -0.15) is 5.26 Å². The Morgan fingerprint density at radius 3 is 2.68 bits per heavy atom. The summed E-state index contributed by atoms with van der Waals surface area (Å²) in [7, 11) is 0. The first-order valence-electron chi connectivity index (χ1n) is 5.37. The number of anilines is 1. The molecule has 5 heteroatoms. The Bertz CT molecular complexity index is 679. The van der Waals surface area contributed by atoms with Crippen LogP contribution in [0.2, 0.25) is 0 Å². The molecule has 0 aliphatic rings. The monoisotopic (exact) mass is 366 g/mol. The van der Waals surface area contributed by atoms with Crippen LogP contribution in [-0.2, 0) is 0 Å². The van der Waals surface area contributed by atoms with E-state index < -0.39 is 5.82 Å². The van der Waals surface area contributed by atoms with E-state index >= 15 is 0 Å². The quantitative estimate of drug-likeness (QED) is 0.827. The van der Waals surface area contributed by atoms with Gasteiger partial charge in [0.1, 0.15) is 5.82 Å². The van der Waals surface area contributed by atoms with Crippen molar-refractivity contribution >= 4 is 34.2 Å². The van der Waals surface area contributed by atoms with E-state index in [0.717, 1.165) is 9.64 Å². The lowest BCUT2D eigenvalue weighted by molar-refractivity contribution is 0.102. The van der Waals surface area contributed by atoms with E-state index in [-0.39, 0.29) is 17.2 Å². The fourth-order valence-corrected chi connectivity index (χ4v) is 2.05. The molecule has 94 valence electrons. The fourth-order valence-electron chi connectivity index (χ4n) is 1.51. The lowest BCUT2D eigenvalue weighted by Gasteiger charge is -2.06. The first-order valence-corrected chi connectivity index (χ1v) is 6.44. The highest BCUT2D eigenvalue weighted by molar-refractivity contribution is 14.1. The number of nitrogens with zero attached hydrogens (tertiary/aromatic N) is 1. The average molecular weight is 366 g/mol. The van der Waals surface area contributed by atoms with Crippen LogP contribution < -0.4 is 5.32 Å². The van der Waals surface area contributed by atoms with Crippen LogP contribution in [0.3, 0.4) is 0 Å². The maximum absolute atomic E-state index is 13.6. The number of carbonyl (C=O) groups is 1. The molecule has 0 spiro atoms. The highest BCUT2D eigenvalue weighted by Gasteiger charge is 2.10. The Morgan fingerprint density at radius 1 is 1.26 bits per heavy atom. The number of rotatable bonds is 2. The van der Waals surface area contributed by atoms with Gasteiger partial charge in [0.05, 0.1) is 17.3 Å². The molecule has 0 aliphatic heterocycles. The van der Waals surface area contributed by atoms with Gasteiger partial charge in [0.25, 0.3) is 5.91 Å². The number of benzene rings is 2. The molecule has 0 fully saturated rings. The summed E-state index contributed by atoms with van der Waals surface area (Å²) in [5.74, 6) is -1.01. The summed E-state index contributed by atoms with van der Waals surface area (Å²) in [6.45, 7) is 0. The van der Waals surface area contributed by atoms with Gasteiger partial charge in [0.15, 0.2) is 0 Å². The second-order valence-corrected chi connectivity index (χ2v) is 5.02. The van der Waals surface area contributed by atoms with Crippen molar-refractivity contribution in [1.82, 2.24) is 0 Å². The van der Waals surface area contributed by atoms with Crippen molar-refractivity contribution in [2.24, 2.45) is 0 Å². The number of amides is 1. The average Bonchev–Trinajstić information content (AvgIpc) is 2.41. The van der Waals surface area contributed by atoms with Crippen LogP contribution in [-0.4, -0.2) is 5.91 Å². The van der Waals surface area contributed by atoms with Crippen molar-refractivity contribution in [2.75, 3.05) is 5.32 Å². The summed E-state index contributed by atoms with van der Waals surface area (Å²) in [5.41, 5.74) is 0.725. The predicted octanol–water partition coefficient (Wildman–Crippen LogP) is 3.55. The summed E-state index contributed by atoms with van der Waals surface area (Å²) in [6, 6.07) is 12.7. The molecule has 19 heavy (non-hydrogen) atoms. The Morgan fingerprint density at radius 2 is 2.05 bits per heavy atom. The molecule has 2 rings (SSSR count). The third-order valence-corrected chi connectivity index (χ3v) is 3.10. The number of hydrogen-bond donors (Lipinski definition) is 1. The summed E-state index contributed by atoms with van der Waals surface area (Å²) < 4.78 is 14.5. The highest BCUT2D eigenvalue weighted by atomic mass is 127. The molecule has 0 aliphatic carbocycles. The number of nitrogens with one attached hydrogen (secondary N) is 1. The van der Waals surface area contributed by atoms with Gasteiger partial charge < -0.3 is 5.32 Å². The molecule has 0 atom stereocenters. The molecule has 3 nitrogen and oxygen atoms in total. The van der Waals surface area contributed by atoms with Gasteiger partial charge >= 0.3 is 0 Å². The standard InChI is InChI=1S/C14H8FIN2O/c15-12-6-9(8-17)4-5-13(12)18-14(19)10-2-1-3-11(16)7-10/h1-7H,(H,18,19). The van der Waals surface area contributed by atoms with E-state index in [1.807, 2.05) is 12.1 Å². The molecular weight excluding hydrogens is 358 g/mol. The Labute approximate surface area is 123 Å². The number of halogens is 2. The van der Waals surface area contributed by atoms with E-state index in [4.69, 9.17) is 5.26 Å². The lowest BCUT2D eigenvalue weighted by atomic mass is 10.2. The molecule has 0 heterocycles. The maximum atomic E-state index is 13.6. The van der Waals surface area contributed by atoms with Crippen LogP contribution in [0.25, 0.3) is 0 Å². The predicted molar refractivity (Wildman–Crippen MR) is 78.2 cm³/mol. The largest absolute Gasteiger partial charge is 0.319 e. The van der Waals surface area contributed by atoms with E-state index in [0.29, 0.717) is 5.56 Å². The number of nitriles is 1. The van der Waals surface area contributed by atoms with Crippen molar-refractivity contribution in [3.63, 3.8) is 0 Å². The molecule has 0 unspecified atom stereocenters. The van der Waals surface area contributed by atoms with E-state index in [2.05, 4.69) is 27.9 Å². The van der Waals surface area contributed by atoms with Gasteiger partial charge in [0, 0.05) is 9.13 Å². The molecule has 2 aromatic carbocycles. The van der Waals surface area contributed by atoms with E-state index in [1.54, 1.807) is 18.2 Å². The summed E-state index contributed by atoms with van der Waals surface area (Å²) in [6.07, 6.45) is 0. The van der Waals surface area contributed by atoms with Gasteiger partial charge in [-0.15, -0.1) is 0 Å². The minimum Gasteiger partial charge on any atom is -0.319 e. The van der Waals surface area contributed by atoms with Crippen LogP contribution in [0.5, 0.6) is 0 Å². The zero-order valence-electron chi connectivity index (χ0n) is 9.65. The van der Waals surface area contributed by atoms with Gasteiger partial charge in [-0.3, -0.25) is 4.79 Å². The second-order valence-electron chi connectivity index (χ2n) is 3.77. The topological polar surface area (TPSA) is 52.9 Å². The molecule has 0 saturated carbocycles. The Balaban J connectivity index is 2.22. The van der Waals surface area contributed by atoms with Gasteiger partial charge in [-0.05, 0) is 59.0 Å². The van der Waals surface area contributed by atoms with E-state index in [1.165, 1.54) is 12.1 Å². The first-order chi connectivity index (χ1) is 9.10. The fraction of sp³-hybridized carbons (Fsp3) is 0. The van der Waals surface area contributed by atoms with Crippen LogP contribution >= 0.6 is 22.6 Å². The first kappa shape index (κ1) is 13.5. The molecule has 1 amide bonds. The van der Waals surface area contributed by atoms with Crippen LogP contribution in [0, 0.1) is 20.7 Å². The zero-order chi connectivity index (χ0) is 13.8. The molecule has 0 bridgehead atoms. The van der Waals surface area contributed by atoms with Crippen LogP contribution in [0.1, 0.15) is 15.9 Å². The van der Waals surface area contributed by atoms with E-state index in [9.17, 15) is 9.18 Å². The molecule has 2 aromatic rings. The van der Waals surface area contributed by atoms with Gasteiger partial charge in [0.2, 0.25) is 0 Å². The summed E-state index contributed by atoms with van der Waals surface area (Å²) in [5, 5.41) is 11.1. The maximum Gasteiger partial charge on any atom is 0.255 e. The normalized spacial score (nSPS) is 9.74. The van der Waals surface area contributed by atoms with Gasteiger partial charge in [-0.1, -0.05) is 6.07 Å². The molecular formula is C14H8FIN2O. The third-order valence-electron chi connectivity index (χ3n) is 2.43. The molecule has 1 N–H and O–H groups in total. The lowest BCUT2D eigenvalue weighted by Crippen LogP contribution is -2.13. The van der Waals surface area contributed by atoms with Crippen molar-refractivity contribution in [1.29, 1.82) is 5.26 Å². The minimum atomic E-state index is -0.627. The number of carbonyl (C=O) groups excluding carboxylic acids is 1. The van der Waals surface area contributed by atoms with Crippen molar-refractivity contribution in [2.45, 2.75) is 0 Å².